The third-order valence-electron chi connectivity index (χ3n) is 4.82. The van der Waals surface area contributed by atoms with Crippen LogP contribution in [-0.2, 0) is 10.5 Å². The number of phenolic OH excluding ortho intramolecular Hbond substituents is 1. The monoisotopic (exact) mass is 561 g/mol. The number of imidazole rings is 1. The highest BCUT2D eigenvalue weighted by Crippen LogP contribution is 2.36. The van der Waals surface area contributed by atoms with Crippen LogP contribution in [0.25, 0.3) is 11.2 Å². The SMILES string of the molecule is O=[N+]([O-])c1cc(I)c(O)c(CSc2ncnc3c2ncn3C2OC(CO)C(O)C2O)c1. The van der Waals surface area contributed by atoms with Crippen molar-refractivity contribution in [2.45, 2.75) is 35.3 Å². The minimum atomic E-state index is -1.29. The number of aliphatic hydroxyl groups excluding tert-OH is 3. The molecule has 12 nitrogen and oxygen atoms in total. The number of halogens is 1. The molecule has 0 amide bonds. The fraction of sp³-hybridized carbons (Fsp3) is 0.353. The molecule has 3 heterocycles. The quantitative estimate of drug-likeness (QED) is 0.111. The molecule has 0 spiro atoms. The van der Waals surface area contributed by atoms with Crippen molar-refractivity contribution in [1.82, 2.24) is 19.5 Å². The molecule has 164 valence electrons. The summed E-state index contributed by atoms with van der Waals surface area (Å²) in [6, 6.07) is 2.59. The van der Waals surface area contributed by atoms with E-state index in [0.717, 1.165) is 0 Å². The summed E-state index contributed by atoms with van der Waals surface area (Å²) < 4.78 is 7.34. The predicted molar refractivity (Wildman–Crippen MR) is 115 cm³/mol. The molecule has 0 radical (unpaired) electrons. The summed E-state index contributed by atoms with van der Waals surface area (Å²) in [6.07, 6.45) is -1.80. The van der Waals surface area contributed by atoms with Crippen LogP contribution in [0.4, 0.5) is 5.69 Å². The number of non-ortho nitro benzene ring substituents is 1. The molecule has 1 aliphatic heterocycles. The van der Waals surface area contributed by atoms with E-state index in [1.807, 2.05) is 22.6 Å². The molecule has 0 aliphatic carbocycles. The van der Waals surface area contributed by atoms with E-state index in [1.54, 1.807) is 0 Å². The number of nitrogens with zero attached hydrogens (tertiary/aromatic N) is 5. The number of nitro groups is 1. The van der Waals surface area contributed by atoms with Gasteiger partial charge in [0.2, 0.25) is 0 Å². The molecular formula is C17H16IN5O7S. The highest BCUT2D eigenvalue weighted by molar-refractivity contribution is 14.1. The lowest BCUT2D eigenvalue weighted by molar-refractivity contribution is -0.385. The molecule has 0 saturated carbocycles. The summed E-state index contributed by atoms with van der Waals surface area (Å²) in [7, 11) is 0. The van der Waals surface area contributed by atoms with Crippen molar-refractivity contribution in [3.63, 3.8) is 0 Å². The van der Waals surface area contributed by atoms with Gasteiger partial charge in [-0.1, -0.05) is 11.8 Å². The lowest BCUT2D eigenvalue weighted by atomic mass is 10.1. The molecule has 3 aromatic rings. The summed E-state index contributed by atoms with van der Waals surface area (Å²) in [4.78, 5) is 23.2. The Hall–Kier alpha value is -2.11. The molecule has 0 bridgehead atoms. The maximum absolute atomic E-state index is 11.1. The second kappa shape index (κ2) is 8.79. The predicted octanol–water partition coefficient (Wildman–Crippen LogP) is 0.948. The molecule has 4 atom stereocenters. The van der Waals surface area contributed by atoms with Crippen LogP contribution in [0.1, 0.15) is 11.8 Å². The first kappa shape index (κ1) is 22.1. The third kappa shape index (κ3) is 4.06. The Morgan fingerprint density at radius 1 is 1.26 bits per heavy atom. The molecule has 4 unspecified atom stereocenters. The van der Waals surface area contributed by atoms with Crippen molar-refractivity contribution >= 4 is 51.2 Å². The second-order valence-electron chi connectivity index (χ2n) is 6.71. The van der Waals surface area contributed by atoms with Gasteiger partial charge in [-0.25, -0.2) is 15.0 Å². The van der Waals surface area contributed by atoms with Gasteiger partial charge >= 0.3 is 0 Å². The number of rotatable bonds is 6. The first-order chi connectivity index (χ1) is 14.8. The zero-order chi connectivity index (χ0) is 22.3. The van der Waals surface area contributed by atoms with E-state index in [1.165, 1.54) is 41.1 Å². The van der Waals surface area contributed by atoms with Gasteiger partial charge in [0.1, 0.15) is 40.9 Å². The Bertz CT molecular complexity index is 1150. The molecule has 4 rings (SSSR count). The van der Waals surface area contributed by atoms with Crippen LogP contribution in [0.5, 0.6) is 5.75 Å². The lowest BCUT2D eigenvalue weighted by Gasteiger charge is -2.16. The number of hydrogen-bond acceptors (Lipinski definition) is 11. The van der Waals surface area contributed by atoms with Gasteiger partial charge < -0.3 is 25.2 Å². The van der Waals surface area contributed by atoms with Crippen LogP contribution >= 0.6 is 34.4 Å². The van der Waals surface area contributed by atoms with Crippen LogP contribution < -0.4 is 0 Å². The Morgan fingerprint density at radius 3 is 2.71 bits per heavy atom. The largest absolute Gasteiger partial charge is 0.507 e. The van der Waals surface area contributed by atoms with Gasteiger partial charge in [0.15, 0.2) is 11.9 Å². The number of phenols is 1. The van der Waals surface area contributed by atoms with Gasteiger partial charge in [-0.3, -0.25) is 14.7 Å². The maximum Gasteiger partial charge on any atom is 0.271 e. The van der Waals surface area contributed by atoms with Gasteiger partial charge in [-0.2, -0.15) is 0 Å². The summed E-state index contributed by atoms with van der Waals surface area (Å²) in [5, 5.41) is 51.4. The molecule has 1 fully saturated rings. The minimum Gasteiger partial charge on any atom is -0.507 e. The molecule has 1 saturated heterocycles. The normalized spacial score (nSPS) is 23.5. The number of aliphatic hydroxyl groups is 3. The molecule has 31 heavy (non-hydrogen) atoms. The van der Waals surface area contributed by atoms with Gasteiger partial charge in [-0.05, 0) is 22.6 Å². The summed E-state index contributed by atoms with van der Waals surface area (Å²) in [6.45, 7) is -0.455. The molecule has 1 aromatic carbocycles. The first-order valence-corrected chi connectivity index (χ1v) is 11.0. The number of thioether (sulfide) groups is 1. The number of fused-ring (bicyclic) bond motifs is 1. The van der Waals surface area contributed by atoms with Gasteiger partial charge in [0.25, 0.3) is 5.69 Å². The first-order valence-electron chi connectivity index (χ1n) is 8.90. The van der Waals surface area contributed by atoms with E-state index >= 15 is 0 Å². The standard InChI is InChI=1S/C17H16IN5O7S/c18-9-2-8(23(28)29)1-7(12(9)25)4-31-16-11-15(19-5-20-16)22(6-21-11)17-14(27)13(26)10(3-24)30-17/h1-2,5-6,10,13-14,17,24-27H,3-4H2. The van der Waals surface area contributed by atoms with E-state index < -0.39 is 36.1 Å². The van der Waals surface area contributed by atoms with Gasteiger partial charge in [-0.15, -0.1) is 0 Å². The van der Waals surface area contributed by atoms with Gasteiger partial charge in [0.05, 0.1) is 21.4 Å². The van der Waals surface area contributed by atoms with Crippen LogP contribution in [0.15, 0.2) is 29.8 Å². The lowest BCUT2D eigenvalue weighted by Crippen LogP contribution is -2.33. The number of hydrogen-bond donors (Lipinski definition) is 4. The highest BCUT2D eigenvalue weighted by Gasteiger charge is 2.44. The summed E-state index contributed by atoms with van der Waals surface area (Å²) >= 11 is 3.03. The van der Waals surface area contributed by atoms with E-state index in [9.17, 15) is 30.5 Å². The highest BCUT2D eigenvalue weighted by atomic mass is 127. The third-order valence-corrected chi connectivity index (χ3v) is 6.67. The van der Waals surface area contributed by atoms with E-state index in [-0.39, 0.29) is 17.2 Å². The van der Waals surface area contributed by atoms with Gasteiger partial charge in [0, 0.05) is 23.4 Å². The number of aromatic nitrogens is 4. The van der Waals surface area contributed by atoms with Crippen molar-refractivity contribution < 1.29 is 30.1 Å². The van der Waals surface area contributed by atoms with Crippen LogP contribution in [0, 0.1) is 13.7 Å². The van der Waals surface area contributed by atoms with E-state index in [0.29, 0.717) is 25.3 Å². The number of aromatic hydroxyl groups is 1. The topological polar surface area (TPSA) is 177 Å². The molecule has 4 N–H and O–H groups in total. The minimum absolute atomic E-state index is 0.0407. The Morgan fingerprint density at radius 2 is 2.03 bits per heavy atom. The Balaban J connectivity index is 1.62. The fourth-order valence-electron chi connectivity index (χ4n) is 3.23. The smallest absolute Gasteiger partial charge is 0.271 e. The van der Waals surface area contributed by atoms with E-state index in [4.69, 9.17) is 4.74 Å². The molecule has 2 aromatic heterocycles. The average Bonchev–Trinajstić information content (AvgIpc) is 3.30. The number of benzene rings is 1. The van der Waals surface area contributed by atoms with Crippen LogP contribution in [-0.4, -0.2) is 69.8 Å². The number of nitro benzene ring substituents is 1. The average molecular weight is 561 g/mol. The Kier molecular flexibility index (Phi) is 6.27. The zero-order valence-corrected chi connectivity index (χ0v) is 18.5. The number of ether oxygens (including phenoxy) is 1. The molecule has 14 heteroatoms. The zero-order valence-electron chi connectivity index (χ0n) is 15.6. The van der Waals surface area contributed by atoms with Crippen LogP contribution in [0.3, 0.4) is 0 Å². The summed E-state index contributed by atoms with van der Waals surface area (Å²) in [5.41, 5.74) is 0.979. The van der Waals surface area contributed by atoms with Crippen molar-refractivity contribution in [2.24, 2.45) is 0 Å². The van der Waals surface area contributed by atoms with Crippen molar-refractivity contribution in [2.75, 3.05) is 6.61 Å². The molecular weight excluding hydrogens is 545 g/mol. The summed E-state index contributed by atoms with van der Waals surface area (Å²) in [5.74, 6) is 0.150. The maximum atomic E-state index is 11.1. The second-order valence-corrected chi connectivity index (χ2v) is 8.84. The van der Waals surface area contributed by atoms with Crippen molar-refractivity contribution in [3.8, 4) is 5.75 Å². The Labute approximate surface area is 192 Å². The van der Waals surface area contributed by atoms with Crippen molar-refractivity contribution in [1.29, 1.82) is 0 Å². The fourth-order valence-corrected chi connectivity index (χ4v) is 4.81. The van der Waals surface area contributed by atoms with Crippen molar-refractivity contribution in [3.05, 3.63) is 44.0 Å². The molecule has 1 aliphatic rings. The van der Waals surface area contributed by atoms with E-state index in [2.05, 4.69) is 15.0 Å². The van der Waals surface area contributed by atoms with Crippen LogP contribution in [0.2, 0.25) is 0 Å².